The number of phenolic OH excluding ortho intramolecular Hbond substituents is 1. The molecular formula is C33H41N7O4. The molecule has 4 heterocycles. The first-order valence-corrected chi connectivity index (χ1v) is 15.3. The average Bonchev–Trinajstić information content (AvgIpc) is 3.22. The van der Waals surface area contributed by atoms with Crippen molar-refractivity contribution in [1.29, 1.82) is 0 Å². The molecule has 3 aliphatic heterocycles. The normalized spacial score (nSPS) is 20.6. The lowest BCUT2D eigenvalue weighted by atomic mass is 10.1. The average molecular weight is 600 g/mol. The van der Waals surface area contributed by atoms with Crippen molar-refractivity contribution >= 4 is 23.5 Å². The predicted molar refractivity (Wildman–Crippen MR) is 168 cm³/mol. The van der Waals surface area contributed by atoms with Gasteiger partial charge in [0.05, 0.1) is 11.4 Å². The van der Waals surface area contributed by atoms with Crippen molar-refractivity contribution in [3.8, 4) is 17.0 Å². The highest BCUT2D eigenvalue weighted by Crippen LogP contribution is 2.37. The number of nitrogens with two attached hydrogens (primary N) is 1. The van der Waals surface area contributed by atoms with Gasteiger partial charge in [-0.05, 0) is 69.5 Å². The predicted octanol–water partition coefficient (Wildman–Crippen LogP) is 3.98. The molecule has 3 aliphatic rings. The first kappa shape index (κ1) is 29.7. The van der Waals surface area contributed by atoms with Gasteiger partial charge in [0.2, 0.25) is 0 Å². The Morgan fingerprint density at radius 1 is 0.932 bits per heavy atom. The van der Waals surface area contributed by atoms with Gasteiger partial charge in [-0.3, -0.25) is 9.69 Å². The highest BCUT2D eigenvalue weighted by atomic mass is 16.6. The van der Waals surface area contributed by atoms with Crippen molar-refractivity contribution < 1.29 is 19.4 Å². The number of hydrogen-bond donors (Lipinski definition) is 2. The molecule has 2 amide bonds. The quantitative estimate of drug-likeness (QED) is 0.448. The van der Waals surface area contributed by atoms with Crippen LogP contribution in [0.4, 0.5) is 16.3 Å². The van der Waals surface area contributed by atoms with Crippen molar-refractivity contribution in [1.82, 2.24) is 24.9 Å². The Morgan fingerprint density at radius 2 is 1.61 bits per heavy atom. The monoisotopic (exact) mass is 599 g/mol. The zero-order valence-electron chi connectivity index (χ0n) is 25.6. The molecule has 3 N–H and O–H groups in total. The van der Waals surface area contributed by atoms with Gasteiger partial charge in [0, 0.05) is 69.0 Å². The third kappa shape index (κ3) is 6.28. The van der Waals surface area contributed by atoms with E-state index in [2.05, 4.69) is 26.1 Å². The summed E-state index contributed by atoms with van der Waals surface area (Å²) >= 11 is 0. The van der Waals surface area contributed by atoms with Crippen LogP contribution >= 0.6 is 0 Å². The summed E-state index contributed by atoms with van der Waals surface area (Å²) in [7, 11) is 0. The summed E-state index contributed by atoms with van der Waals surface area (Å²) in [5, 5.41) is 18.8. The first-order valence-electron chi connectivity index (χ1n) is 15.3. The zero-order chi connectivity index (χ0) is 31.0. The minimum absolute atomic E-state index is 0.00982. The molecule has 0 saturated carbocycles. The highest BCUT2D eigenvalue weighted by Gasteiger charge is 2.40. The number of hydrogen-bond acceptors (Lipinski definition) is 9. The lowest BCUT2D eigenvalue weighted by Gasteiger charge is -2.42. The molecule has 3 fully saturated rings. The van der Waals surface area contributed by atoms with Crippen LogP contribution in [0.25, 0.3) is 11.3 Å². The van der Waals surface area contributed by atoms with Crippen LogP contribution in [-0.2, 0) is 11.3 Å². The maximum absolute atomic E-state index is 13.4. The number of phenols is 1. The van der Waals surface area contributed by atoms with Crippen LogP contribution in [-0.4, -0.2) is 99.0 Å². The number of anilines is 2. The van der Waals surface area contributed by atoms with E-state index in [1.165, 1.54) is 0 Å². The van der Waals surface area contributed by atoms with Gasteiger partial charge >= 0.3 is 6.09 Å². The molecule has 6 rings (SSSR count). The van der Waals surface area contributed by atoms with Crippen LogP contribution in [0, 0.1) is 0 Å². The van der Waals surface area contributed by atoms with Crippen LogP contribution < -0.4 is 10.6 Å². The Kier molecular flexibility index (Phi) is 8.06. The Hall–Kier alpha value is -4.38. The summed E-state index contributed by atoms with van der Waals surface area (Å²) in [6.45, 7) is 9.83. The van der Waals surface area contributed by atoms with Crippen LogP contribution in [0.15, 0.2) is 54.6 Å². The topological polar surface area (TPSA) is 128 Å². The summed E-state index contributed by atoms with van der Waals surface area (Å²) in [5.74, 6) is 0.533. The molecule has 0 aliphatic carbocycles. The lowest BCUT2D eigenvalue weighted by molar-refractivity contribution is 0.0141. The van der Waals surface area contributed by atoms with E-state index in [9.17, 15) is 14.7 Å². The summed E-state index contributed by atoms with van der Waals surface area (Å²) in [4.78, 5) is 34.2. The van der Waals surface area contributed by atoms with Crippen molar-refractivity contribution in [2.24, 2.45) is 0 Å². The summed E-state index contributed by atoms with van der Waals surface area (Å²) < 4.78 is 5.49. The van der Waals surface area contributed by atoms with E-state index < -0.39 is 5.60 Å². The van der Waals surface area contributed by atoms with Gasteiger partial charge in [-0.1, -0.05) is 24.3 Å². The van der Waals surface area contributed by atoms with Gasteiger partial charge in [-0.2, -0.15) is 0 Å². The summed E-state index contributed by atoms with van der Waals surface area (Å²) in [6.07, 6.45) is 1.85. The number of piperazine rings is 2. The molecule has 3 saturated heterocycles. The van der Waals surface area contributed by atoms with Gasteiger partial charge < -0.3 is 30.3 Å². The van der Waals surface area contributed by atoms with Gasteiger partial charge in [0.15, 0.2) is 5.82 Å². The molecule has 2 atom stereocenters. The molecule has 3 aromatic rings. The number of nitrogen functional groups attached to an aromatic ring is 1. The van der Waals surface area contributed by atoms with Crippen molar-refractivity contribution in [3.05, 3.63) is 65.7 Å². The number of carbonyl (C=O) groups is 2. The molecule has 44 heavy (non-hydrogen) atoms. The van der Waals surface area contributed by atoms with E-state index in [1.54, 1.807) is 17.0 Å². The molecule has 2 bridgehead atoms. The number of para-hydroxylation sites is 1. The minimum Gasteiger partial charge on any atom is -0.507 e. The van der Waals surface area contributed by atoms with Crippen molar-refractivity contribution in [3.63, 3.8) is 0 Å². The van der Waals surface area contributed by atoms with Crippen LogP contribution in [0.5, 0.6) is 5.75 Å². The maximum atomic E-state index is 13.4. The number of carbonyl (C=O) groups excluding carboxylic acids is 2. The number of ether oxygens (including phenoxy) is 1. The number of fused-ring (bicyclic) bond motifs is 2. The number of amides is 2. The smallest absolute Gasteiger partial charge is 0.410 e. The maximum Gasteiger partial charge on any atom is 0.410 e. The zero-order valence-corrected chi connectivity index (χ0v) is 25.6. The van der Waals surface area contributed by atoms with Gasteiger partial charge in [0.25, 0.3) is 5.91 Å². The first-order chi connectivity index (χ1) is 21.1. The molecule has 1 aromatic heterocycles. The fourth-order valence-corrected chi connectivity index (χ4v) is 6.53. The Bertz CT molecular complexity index is 1520. The van der Waals surface area contributed by atoms with Gasteiger partial charge in [-0.25, -0.2) is 4.79 Å². The summed E-state index contributed by atoms with van der Waals surface area (Å²) in [6, 6.07) is 17.7. The van der Waals surface area contributed by atoms with Gasteiger partial charge in [0.1, 0.15) is 11.4 Å². The molecule has 0 unspecified atom stereocenters. The number of nitrogens with zero attached hydrogens (tertiary/aromatic N) is 6. The third-order valence-electron chi connectivity index (χ3n) is 8.71. The largest absolute Gasteiger partial charge is 0.507 e. The Labute approximate surface area is 258 Å². The number of rotatable bonds is 5. The fourth-order valence-electron chi connectivity index (χ4n) is 6.53. The second kappa shape index (κ2) is 12.0. The van der Waals surface area contributed by atoms with Crippen LogP contribution in [0.3, 0.4) is 0 Å². The van der Waals surface area contributed by atoms with Crippen LogP contribution in [0.2, 0.25) is 0 Å². The number of benzene rings is 2. The number of aromatic hydroxyl groups is 1. The summed E-state index contributed by atoms with van der Waals surface area (Å²) in [5.41, 5.74) is 9.61. The minimum atomic E-state index is -0.545. The van der Waals surface area contributed by atoms with Crippen molar-refractivity contribution in [2.75, 3.05) is 49.9 Å². The van der Waals surface area contributed by atoms with E-state index in [-0.39, 0.29) is 17.7 Å². The molecule has 232 valence electrons. The fraction of sp³-hybridized carbons (Fsp3) is 0.455. The van der Waals surface area contributed by atoms with E-state index in [1.807, 2.05) is 62.1 Å². The molecule has 11 heteroatoms. The Balaban J connectivity index is 1.09. The van der Waals surface area contributed by atoms with E-state index in [0.717, 1.165) is 43.7 Å². The standard InChI is InChI=1S/C33H41N7O4/c1-33(2,3)44-32(43)38-15-13-37(14-16-38)31(42)23-8-6-7-22(17-23)19-40-24-11-12-25(40)21-39(20-24)28-18-27(35-36-30(28)34)26-9-4-5-10-29(26)41/h4-10,17-18,24-25,41H,11-16,19-21H2,1-3H3,(H2,34,36)/t24-,25+. The van der Waals surface area contributed by atoms with E-state index >= 15 is 0 Å². The SMILES string of the molecule is CC(C)(C)OC(=O)N1CCN(C(=O)c2cccc(CN3[C@@H]4CC[C@H]3CN(c3cc(-c5ccccc5O)nnc3N)C4)c2)CC1. The molecule has 0 radical (unpaired) electrons. The van der Waals surface area contributed by atoms with Crippen molar-refractivity contribution in [2.45, 2.75) is 57.8 Å². The molecule has 11 nitrogen and oxygen atoms in total. The van der Waals surface area contributed by atoms with E-state index in [0.29, 0.717) is 60.9 Å². The second-order valence-corrected chi connectivity index (χ2v) is 12.9. The van der Waals surface area contributed by atoms with E-state index in [4.69, 9.17) is 10.5 Å². The Morgan fingerprint density at radius 3 is 2.30 bits per heavy atom. The van der Waals surface area contributed by atoms with Gasteiger partial charge in [-0.15, -0.1) is 10.2 Å². The third-order valence-corrected chi connectivity index (χ3v) is 8.71. The number of aromatic nitrogens is 2. The lowest BCUT2D eigenvalue weighted by Crippen LogP contribution is -2.53. The molecular weight excluding hydrogens is 558 g/mol. The highest BCUT2D eigenvalue weighted by molar-refractivity contribution is 5.94. The molecule has 0 spiro atoms. The molecule has 2 aromatic carbocycles. The second-order valence-electron chi connectivity index (χ2n) is 12.9. The van der Waals surface area contributed by atoms with Crippen LogP contribution in [0.1, 0.15) is 49.5 Å².